The minimum Gasteiger partial charge on any atom is -0.355 e. The number of terminal acetylenes is 4. The third kappa shape index (κ3) is 6.07. The molecular formula is C52H30N4. The van der Waals surface area contributed by atoms with Gasteiger partial charge in [-0.25, -0.2) is 9.97 Å². The number of rotatable bonds is 4. The van der Waals surface area contributed by atoms with Crippen LogP contribution in [0.2, 0.25) is 0 Å². The molecule has 258 valence electrons. The number of H-pyrrole nitrogens is 1. The van der Waals surface area contributed by atoms with Crippen molar-refractivity contribution in [1.29, 1.82) is 0 Å². The van der Waals surface area contributed by atoms with Crippen molar-refractivity contribution in [3.05, 3.63) is 172 Å². The highest BCUT2D eigenvalue weighted by molar-refractivity contribution is 6.11. The van der Waals surface area contributed by atoms with Crippen LogP contribution in [0, 0.1) is 49.4 Å². The first-order valence-electron chi connectivity index (χ1n) is 18.0. The summed E-state index contributed by atoms with van der Waals surface area (Å²) in [6.45, 7) is 0. The highest BCUT2D eigenvalue weighted by Gasteiger charge is 2.26. The van der Waals surface area contributed by atoms with Gasteiger partial charge in [-0.15, -0.1) is 25.7 Å². The summed E-state index contributed by atoms with van der Waals surface area (Å²) in [6, 6.07) is 42.6. The Kier molecular flexibility index (Phi) is 8.35. The van der Waals surface area contributed by atoms with E-state index < -0.39 is 0 Å². The number of nitrogens with zero attached hydrogens (tertiary/aromatic N) is 3. The highest BCUT2D eigenvalue weighted by Crippen LogP contribution is 2.47. The highest BCUT2D eigenvalue weighted by atomic mass is 15.0. The number of hydrogen-bond acceptors (Lipinski definition) is 2. The van der Waals surface area contributed by atoms with Crippen molar-refractivity contribution in [2.24, 2.45) is 0 Å². The Hall–Kier alpha value is -8.28. The maximum absolute atomic E-state index is 5.88. The first-order chi connectivity index (χ1) is 27.5. The van der Waals surface area contributed by atoms with E-state index in [1.54, 1.807) is 0 Å². The molecule has 0 amide bonds. The largest absolute Gasteiger partial charge is 0.355 e. The molecule has 2 aliphatic heterocycles. The van der Waals surface area contributed by atoms with Gasteiger partial charge in [-0.2, -0.15) is 0 Å². The van der Waals surface area contributed by atoms with E-state index >= 15 is 0 Å². The van der Waals surface area contributed by atoms with Crippen LogP contribution in [0.3, 0.4) is 0 Å². The van der Waals surface area contributed by atoms with Gasteiger partial charge in [0.05, 0.1) is 33.8 Å². The van der Waals surface area contributed by atoms with Gasteiger partial charge in [0, 0.05) is 55.7 Å². The molecule has 0 saturated heterocycles. The summed E-state index contributed by atoms with van der Waals surface area (Å²) >= 11 is 0. The Labute approximate surface area is 325 Å². The molecule has 0 spiro atoms. The molecule has 0 atom stereocenters. The lowest BCUT2D eigenvalue weighted by atomic mass is 9.92. The van der Waals surface area contributed by atoms with E-state index in [0.29, 0.717) is 0 Å². The molecule has 0 saturated carbocycles. The molecule has 4 aromatic carbocycles. The smallest absolute Gasteiger partial charge is 0.0737 e. The maximum Gasteiger partial charge on any atom is 0.0737 e. The first kappa shape index (κ1) is 33.5. The van der Waals surface area contributed by atoms with Crippen molar-refractivity contribution in [3.8, 4) is 88.4 Å². The van der Waals surface area contributed by atoms with Gasteiger partial charge in [0.1, 0.15) is 0 Å². The van der Waals surface area contributed by atoms with Crippen molar-refractivity contribution in [2.45, 2.75) is 0 Å². The minimum absolute atomic E-state index is 0.773. The van der Waals surface area contributed by atoms with Crippen molar-refractivity contribution < 1.29 is 0 Å². The van der Waals surface area contributed by atoms with Crippen molar-refractivity contribution in [2.75, 3.05) is 0 Å². The van der Waals surface area contributed by atoms with Crippen LogP contribution in [0.4, 0.5) is 0 Å². The van der Waals surface area contributed by atoms with Crippen molar-refractivity contribution >= 4 is 46.4 Å². The first-order valence-corrected chi connectivity index (χ1v) is 18.0. The monoisotopic (exact) mass is 710 g/mol. The lowest BCUT2D eigenvalue weighted by Crippen LogP contribution is -1.98. The number of nitrogens with one attached hydrogen (secondary N) is 1. The zero-order valence-electron chi connectivity index (χ0n) is 30.1. The predicted octanol–water partition coefficient (Wildman–Crippen LogP) is 11.0. The third-order valence-electron chi connectivity index (χ3n) is 9.98. The third-order valence-corrected chi connectivity index (χ3v) is 9.98. The molecule has 0 unspecified atom stereocenters. The second-order valence-electron chi connectivity index (χ2n) is 13.4. The Balaban J connectivity index is 1.60. The summed E-state index contributed by atoms with van der Waals surface area (Å²) < 4.78 is 2.29. The van der Waals surface area contributed by atoms with Crippen LogP contribution in [-0.4, -0.2) is 19.5 Å². The van der Waals surface area contributed by atoms with E-state index in [1.807, 2.05) is 91.0 Å². The van der Waals surface area contributed by atoms with Crippen LogP contribution in [-0.2, 0) is 0 Å². The fourth-order valence-corrected chi connectivity index (χ4v) is 7.33. The number of aromatic amines is 1. The van der Waals surface area contributed by atoms with E-state index in [0.717, 1.165) is 106 Å². The molecule has 1 N–H and O–H groups in total. The Bertz CT molecular complexity index is 3120. The zero-order chi connectivity index (χ0) is 38.2. The van der Waals surface area contributed by atoms with Gasteiger partial charge < -0.3 is 9.55 Å². The van der Waals surface area contributed by atoms with Crippen LogP contribution in [0.5, 0.6) is 0 Å². The van der Waals surface area contributed by atoms with E-state index in [1.165, 1.54) is 0 Å². The van der Waals surface area contributed by atoms with Crippen molar-refractivity contribution in [1.82, 2.24) is 19.5 Å². The Morgan fingerprint density at radius 3 is 1.38 bits per heavy atom. The molecule has 9 rings (SSSR count). The Morgan fingerprint density at radius 1 is 0.429 bits per heavy atom. The van der Waals surface area contributed by atoms with Crippen LogP contribution in [0.25, 0.3) is 85.4 Å². The number of hydrogen-bond donors (Lipinski definition) is 1. The van der Waals surface area contributed by atoms with Gasteiger partial charge in [0.15, 0.2) is 0 Å². The fourth-order valence-electron chi connectivity index (χ4n) is 7.33. The molecule has 7 aromatic rings. The van der Waals surface area contributed by atoms with E-state index in [4.69, 9.17) is 35.7 Å². The van der Waals surface area contributed by atoms with Gasteiger partial charge in [0.25, 0.3) is 0 Å². The summed E-state index contributed by atoms with van der Waals surface area (Å²) in [5.74, 6) is 11.1. The van der Waals surface area contributed by atoms with Gasteiger partial charge in [-0.1, -0.05) is 60.1 Å². The molecule has 0 radical (unpaired) electrons. The molecule has 8 bridgehead atoms. The zero-order valence-corrected chi connectivity index (χ0v) is 30.1. The maximum atomic E-state index is 5.88. The van der Waals surface area contributed by atoms with Gasteiger partial charge in [-0.3, -0.25) is 0 Å². The second-order valence-corrected chi connectivity index (χ2v) is 13.4. The lowest BCUT2D eigenvalue weighted by Gasteiger charge is -2.14. The number of fused-ring (bicyclic) bond motifs is 8. The van der Waals surface area contributed by atoms with Gasteiger partial charge in [-0.05, 0) is 132 Å². The molecule has 4 heteroatoms. The SMILES string of the molecule is C#Cc1ccc(-c2c(-c3ccc(C#C)cc3)c3c(-c4ccc(C#C)cc4)c4nc(cc5ccc(cc6nc(cc2n3-c2ccc(C#C)cc2)C=C6)[nH]5)C=C4)cc1. The molecule has 4 nitrogen and oxygen atoms in total. The molecule has 56 heavy (non-hydrogen) atoms. The lowest BCUT2D eigenvalue weighted by molar-refractivity contribution is 1.17. The Morgan fingerprint density at radius 2 is 0.857 bits per heavy atom. The van der Waals surface area contributed by atoms with E-state index in [2.05, 4.69) is 93.9 Å². The minimum atomic E-state index is 0.773. The van der Waals surface area contributed by atoms with E-state index in [9.17, 15) is 0 Å². The number of aromatic nitrogens is 4. The quantitative estimate of drug-likeness (QED) is 0.185. The van der Waals surface area contributed by atoms with Crippen LogP contribution < -0.4 is 0 Å². The summed E-state index contributed by atoms with van der Waals surface area (Å²) in [7, 11) is 0. The summed E-state index contributed by atoms with van der Waals surface area (Å²) in [4.78, 5) is 13.9. The molecule has 3 aromatic heterocycles. The average molecular weight is 711 g/mol. The molecule has 0 fully saturated rings. The second kappa shape index (κ2) is 13.9. The standard InChI is InChI=1S/C52H30N4/c1-5-34-9-17-38(18-10-34)49-47-30-27-44(55-47)32-43-24-23-41(53-43)31-42-25-26-45(54-42)33-48-50(39-19-11-35(6-2)12-20-39)51(40-21-13-36(7-3)14-22-40)52(49)56(48)46-28-15-37(8-4)16-29-46/h1-4,9-33,53H. The molecule has 2 aliphatic rings. The van der Waals surface area contributed by atoms with Crippen molar-refractivity contribution in [3.63, 3.8) is 0 Å². The summed E-state index contributed by atoms with van der Waals surface area (Å²) in [5, 5.41) is 0. The van der Waals surface area contributed by atoms with Gasteiger partial charge in [0.2, 0.25) is 0 Å². The molecule has 5 heterocycles. The van der Waals surface area contributed by atoms with E-state index in [-0.39, 0.29) is 0 Å². The number of benzene rings is 4. The predicted molar refractivity (Wildman–Crippen MR) is 232 cm³/mol. The summed E-state index contributed by atoms with van der Waals surface area (Å²) in [6.07, 6.45) is 31.7. The van der Waals surface area contributed by atoms with Crippen LogP contribution >= 0.6 is 0 Å². The molecular weight excluding hydrogens is 681 g/mol. The summed E-state index contributed by atoms with van der Waals surface area (Å²) in [5.41, 5.74) is 16.6. The van der Waals surface area contributed by atoms with Crippen LogP contribution in [0.1, 0.15) is 45.0 Å². The normalized spacial score (nSPS) is 11.4. The average Bonchev–Trinajstić information content (AvgIpc) is 4.06. The molecule has 0 aliphatic carbocycles. The van der Waals surface area contributed by atoms with Gasteiger partial charge >= 0.3 is 0 Å². The van der Waals surface area contributed by atoms with Crippen LogP contribution in [0.15, 0.2) is 127 Å². The topological polar surface area (TPSA) is 46.5 Å². The fraction of sp³-hybridized carbons (Fsp3) is 0.